The third-order valence-electron chi connectivity index (χ3n) is 5.32. The van der Waals surface area contributed by atoms with E-state index in [9.17, 15) is 4.79 Å². The number of nitrogens with one attached hydrogen (secondary N) is 1. The summed E-state index contributed by atoms with van der Waals surface area (Å²) < 4.78 is 0. The van der Waals surface area contributed by atoms with Crippen LogP contribution in [-0.4, -0.2) is 19.0 Å². The van der Waals surface area contributed by atoms with Crippen LogP contribution in [0.4, 0.5) is 5.69 Å². The molecule has 0 radical (unpaired) electrons. The maximum Gasteiger partial charge on any atom is 0.235 e. The lowest BCUT2D eigenvalue weighted by Gasteiger charge is -2.30. The minimum Gasteiger partial charge on any atom is -0.312 e. The minimum absolute atomic E-state index is 0.0823. The van der Waals surface area contributed by atoms with Gasteiger partial charge in [0.15, 0.2) is 0 Å². The lowest BCUT2D eigenvalue weighted by atomic mass is 9.87. The van der Waals surface area contributed by atoms with Crippen LogP contribution in [0.3, 0.4) is 0 Å². The van der Waals surface area contributed by atoms with Crippen molar-refractivity contribution < 1.29 is 4.79 Å². The van der Waals surface area contributed by atoms with Gasteiger partial charge in [-0.2, -0.15) is 0 Å². The Labute approximate surface area is 143 Å². The maximum atomic E-state index is 13.2. The molecule has 4 rings (SSSR count). The summed E-state index contributed by atoms with van der Waals surface area (Å²) in [5.41, 5.74) is 6.19. The number of benzene rings is 2. The molecule has 2 aromatic rings. The van der Waals surface area contributed by atoms with Crippen molar-refractivity contribution in [1.29, 1.82) is 0 Å². The molecule has 0 aliphatic carbocycles. The molecule has 1 N–H and O–H groups in total. The highest BCUT2D eigenvalue weighted by molar-refractivity contribution is 6.00. The number of hydrogen-bond donors (Lipinski definition) is 1. The number of carbonyl (C=O) groups excluding carboxylic acids is 1. The fourth-order valence-electron chi connectivity index (χ4n) is 3.91. The highest BCUT2D eigenvalue weighted by Gasteiger charge is 2.33. The molecular formula is C21H24N2O. The van der Waals surface area contributed by atoms with Crippen molar-refractivity contribution >= 4 is 11.6 Å². The van der Waals surface area contributed by atoms with Crippen molar-refractivity contribution in [3.8, 4) is 0 Å². The van der Waals surface area contributed by atoms with Crippen LogP contribution in [0.2, 0.25) is 0 Å². The zero-order valence-corrected chi connectivity index (χ0v) is 14.4. The molecule has 0 saturated heterocycles. The van der Waals surface area contributed by atoms with Crippen LogP contribution in [-0.2, 0) is 17.8 Å². The average molecular weight is 320 g/mol. The summed E-state index contributed by atoms with van der Waals surface area (Å²) in [5, 5.41) is 3.44. The fourth-order valence-corrected chi connectivity index (χ4v) is 3.91. The Morgan fingerprint density at radius 1 is 1.17 bits per heavy atom. The number of carbonyl (C=O) groups is 1. The Bertz CT molecular complexity index is 781. The van der Waals surface area contributed by atoms with Gasteiger partial charge in [0.25, 0.3) is 0 Å². The number of rotatable bonds is 2. The van der Waals surface area contributed by atoms with E-state index >= 15 is 0 Å². The van der Waals surface area contributed by atoms with E-state index in [0.717, 1.165) is 31.7 Å². The Hall–Kier alpha value is -2.13. The second-order valence-corrected chi connectivity index (χ2v) is 7.17. The van der Waals surface area contributed by atoms with Crippen molar-refractivity contribution in [1.82, 2.24) is 5.32 Å². The molecule has 2 aromatic carbocycles. The molecule has 0 fully saturated rings. The third kappa shape index (κ3) is 2.53. The number of hydrogen-bond acceptors (Lipinski definition) is 2. The summed E-state index contributed by atoms with van der Waals surface area (Å²) in [6.45, 7) is 6.80. The molecular weight excluding hydrogens is 296 g/mol. The first-order chi connectivity index (χ1) is 11.6. The molecule has 0 bridgehead atoms. The summed E-state index contributed by atoms with van der Waals surface area (Å²) in [6, 6.07) is 14.9. The van der Waals surface area contributed by atoms with Gasteiger partial charge in [-0.1, -0.05) is 50.2 Å². The van der Waals surface area contributed by atoms with Gasteiger partial charge in [-0.15, -0.1) is 0 Å². The highest BCUT2D eigenvalue weighted by Crippen LogP contribution is 2.33. The van der Waals surface area contributed by atoms with Crippen LogP contribution in [0.1, 0.15) is 47.9 Å². The summed E-state index contributed by atoms with van der Waals surface area (Å²) in [7, 11) is 0. The standard InChI is InChI=1S/C21H24N2O/c1-14(2)16-7-8-18-17(11-16)12-22-13-19(18)21(24)23-10-9-15-5-3-4-6-20(15)23/h3-8,11,14,19,22H,9-10,12-13H2,1-2H3. The molecule has 2 aliphatic rings. The lowest BCUT2D eigenvalue weighted by molar-refractivity contribution is -0.120. The van der Waals surface area contributed by atoms with E-state index in [1.54, 1.807) is 0 Å². The van der Waals surface area contributed by atoms with Crippen LogP contribution in [0.15, 0.2) is 42.5 Å². The van der Waals surface area contributed by atoms with E-state index in [2.05, 4.69) is 55.6 Å². The van der Waals surface area contributed by atoms with E-state index in [1.807, 2.05) is 11.0 Å². The van der Waals surface area contributed by atoms with Crippen LogP contribution in [0, 0.1) is 0 Å². The molecule has 2 aliphatic heterocycles. The molecule has 1 atom stereocenters. The Kier molecular flexibility index (Phi) is 3.89. The minimum atomic E-state index is -0.0823. The number of para-hydroxylation sites is 1. The summed E-state index contributed by atoms with van der Waals surface area (Å²) >= 11 is 0. The Balaban J connectivity index is 1.66. The van der Waals surface area contributed by atoms with Gasteiger partial charge in [-0.05, 0) is 40.7 Å². The predicted octanol–water partition coefficient (Wildman–Crippen LogP) is 3.59. The molecule has 2 heterocycles. The summed E-state index contributed by atoms with van der Waals surface area (Å²) in [4.78, 5) is 15.2. The van der Waals surface area contributed by atoms with Crippen molar-refractivity contribution in [3.05, 3.63) is 64.7 Å². The largest absolute Gasteiger partial charge is 0.312 e. The number of anilines is 1. The summed E-state index contributed by atoms with van der Waals surface area (Å²) in [5.74, 6) is 0.656. The third-order valence-corrected chi connectivity index (χ3v) is 5.32. The molecule has 0 spiro atoms. The van der Waals surface area contributed by atoms with Gasteiger partial charge in [0.05, 0.1) is 5.92 Å². The van der Waals surface area contributed by atoms with Gasteiger partial charge in [0, 0.05) is 25.3 Å². The Morgan fingerprint density at radius 3 is 2.83 bits per heavy atom. The van der Waals surface area contributed by atoms with Crippen LogP contribution in [0.25, 0.3) is 0 Å². The summed E-state index contributed by atoms with van der Waals surface area (Å²) in [6.07, 6.45) is 0.960. The van der Waals surface area contributed by atoms with Gasteiger partial charge < -0.3 is 10.2 Å². The first-order valence-electron chi connectivity index (χ1n) is 8.88. The van der Waals surface area contributed by atoms with Crippen molar-refractivity contribution in [2.24, 2.45) is 0 Å². The second kappa shape index (κ2) is 6.06. The molecule has 124 valence electrons. The van der Waals surface area contributed by atoms with Gasteiger partial charge in [-0.3, -0.25) is 4.79 Å². The topological polar surface area (TPSA) is 32.3 Å². The normalized spacial score (nSPS) is 19.3. The first kappa shape index (κ1) is 15.4. The van der Waals surface area contributed by atoms with Crippen LogP contribution in [0.5, 0.6) is 0 Å². The molecule has 24 heavy (non-hydrogen) atoms. The van der Waals surface area contributed by atoms with E-state index in [0.29, 0.717) is 5.92 Å². The number of amides is 1. The predicted molar refractivity (Wildman–Crippen MR) is 97.5 cm³/mol. The number of fused-ring (bicyclic) bond motifs is 2. The number of nitrogens with zero attached hydrogens (tertiary/aromatic N) is 1. The van der Waals surface area contributed by atoms with E-state index in [-0.39, 0.29) is 11.8 Å². The molecule has 0 saturated carbocycles. The Morgan fingerprint density at radius 2 is 2.00 bits per heavy atom. The average Bonchev–Trinajstić information content (AvgIpc) is 3.04. The zero-order valence-electron chi connectivity index (χ0n) is 14.4. The van der Waals surface area contributed by atoms with Crippen LogP contribution < -0.4 is 10.2 Å². The molecule has 1 amide bonds. The lowest BCUT2D eigenvalue weighted by Crippen LogP contribution is -2.41. The molecule has 1 unspecified atom stereocenters. The quantitative estimate of drug-likeness (QED) is 0.917. The first-order valence-corrected chi connectivity index (χ1v) is 8.88. The highest BCUT2D eigenvalue weighted by atomic mass is 16.2. The smallest absolute Gasteiger partial charge is 0.235 e. The molecule has 3 heteroatoms. The second-order valence-electron chi connectivity index (χ2n) is 7.17. The maximum absolute atomic E-state index is 13.2. The molecule has 3 nitrogen and oxygen atoms in total. The van der Waals surface area contributed by atoms with E-state index in [4.69, 9.17) is 0 Å². The SMILES string of the molecule is CC(C)c1ccc2c(c1)CNCC2C(=O)N1CCc2ccccc21. The molecule has 0 aromatic heterocycles. The monoisotopic (exact) mass is 320 g/mol. The van der Waals surface area contributed by atoms with Crippen LogP contribution >= 0.6 is 0 Å². The van der Waals surface area contributed by atoms with E-state index in [1.165, 1.54) is 22.3 Å². The fraction of sp³-hybridized carbons (Fsp3) is 0.381. The van der Waals surface area contributed by atoms with Gasteiger partial charge >= 0.3 is 0 Å². The van der Waals surface area contributed by atoms with Crippen molar-refractivity contribution in [3.63, 3.8) is 0 Å². The van der Waals surface area contributed by atoms with Crippen molar-refractivity contribution in [2.45, 2.75) is 38.6 Å². The van der Waals surface area contributed by atoms with Gasteiger partial charge in [0.1, 0.15) is 0 Å². The van der Waals surface area contributed by atoms with Crippen molar-refractivity contribution in [2.75, 3.05) is 18.0 Å². The van der Waals surface area contributed by atoms with Gasteiger partial charge in [-0.25, -0.2) is 0 Å². The van der Waals surface area contributed by atoms with E-state index < -0.39 is 0 Å². The zero-order chi connectivity index (χ0) is 16.7. The van der Waals surface area contributed by atoms with Gasteiger partial charge in [0.2, 0.25) is 5.91 Å².